The molecule has 1 N–H and O–H groups in total. The van der Waals surface area contributed by atoms with Crippen molar-refractivity contribution in [2.24, 2.45) is 0 Å². The number of non-ortho nitro benzene ring substituents is 1. The Hall–Kier alpha value is -2.21. The first-order valence-electron chi connectivity index (χ1n) is 6.84. The average molecular weight is 289 g/mol. The van der Waals surface area contributed by atoms with Crippen molar-refractivity contribution < 1.29 is 9.66 Å². The predicted molar refractivity (Wildman–Crippen MR) is 82.6 cm³/mol. The third kappa shape index (κ3) is 3.46. The van der Waals surface area contributed by atoms with Crippen molar-refractivity contribution in [1.29, 1.82) is 0 Å². The number of nitro benzene ring substituents is 1. The van der Waals surface area contributed by atoms with Crippen LogP contribution in [0.5, 0.6) is 0 Å². The van der Waals surface area contributed by atoms with Gasteiger partial charge in [-0.15, -0.1) is 0 Å². The number of hydrogen-bond acceptors (Lipinski definition) is 5. The zero-order chi connectivity index (χ0) is 15.5. The van der Waals surface area contributed by atoms with Gasteiger partial charge in [-0.1, -0.05) is 12.1 Å². The van der Waals surface area contributed by atoms with E-state index in [9.17, 15) is 10.1 Å². The topological polar surface area (TPSA) is 77.3 Å². The molecule has 0 radical (unpaired) electrons. The molecule has 6 nitrogen and oxygen atoms in total. The molecule has 0 unspecified atom stereocenters. The largest absolute Gasteiger partial charge is 0.382 e. The van der Waals surface area contributed by atoms with Crippen LogP contribution < -0.4 is 5.32 Å². The van der Waals surface area contributed by atoms with Gasteiger partial charge in [0, 0.05) is 36.5 Å². The smallest absolute Gasteiger partial charge is 0.295 e. The molecule has 0 aliphatic heterocycles. The van der Waals surface area contributed by atoms with E-state index in [1.807, 2.05) is 32.9 Å². The van der Waals surface area contributed by atoms with Gasteiger partial charge in [0.15, 0.2) is 0 Å². The van der Waals surface area contributed by atoms with Crippen LogP contribution in [0.15, 0.2) is 30.5 Å². The third-order valence-electron chi connectivity index (χ3n) is 3.19. The number of nitrogens with zero attached hydrogens (tertiary/aromatic N) is 2. The molecular weight excluding hydrogens is 270 g/mol. The number of rotatable bonds is 6. The fourth-order valence-corrected chi connectivity index (χ4v) is 2.21. The number of ether oxygens (including phenoxy) is 1. The zero-order valence-electron chi connectivity index (χ0n) is 12.4. The Morgan fingerprint density at radius 2 is 2.14 bits per heavy atom. The van der Waals surface area contributed by atoms with Gasteiger partial charge >= 0.3 is 0 Å². The molecule has 6 heteroatoms. The summed E-state index contributed by atoms with van der Waals surface area (Å²) >= 11 is 0. The van der Waals surface area contributed by atoms with Crippen LogP contribution in [-0.2, 0) is 4.74 Å². The number of hydrogen-bond donors (Lipinski definition) is 1. The Morgan fingerprint density at radius 1 is 1.38 bits per heavy atom. The highest BCUT2D eigenvalue weighted by atomic mass is 16.6. The number of para-hydroxylation sites is 1. The lowest BCUT2D eigenvalue weighted by atomic mass is 10.1. The van der Waals surface area contributed by atoms with Gasteiger partial charge in [-0.2, -0.15) is 0 Å². The van der Waals surface area contributed by atoms with E-state index < -0.39 is 4.92 Å². The molecule has 112 valence electrons. The van der Waals surface area contributed by atoms with Crippen molar-refractivity contribution in [3.63, 3.8) is 0 Å². The van der Waals surface area contributed by atoms with E-state index in [4.69, 9.17) is 4.74 Å². The van der Waals surface area contributed by atoms with Crippen molar-refractivity contribution in [3.05, 3.63) is 40.6 Å². The fraction of sp³-hybridized carbons (Fsp3) is 0.400. The van der Waals surface area contributed by atoms with Crippen molar-refractivity contribution in [2.45, 2.75) is 26.4 Å². The van der Waals surface area contributed by atoms with E-state index in [1.165, 1.54) is 6.07 Å². The number of pyridine rings is 1. The average Bonchev–Trinajstić information content (AvgIpc) is 2.44. The minimum absolute atomic E-state index is 0.0141. The van der Waals surface area contributed by atoms with Gasteiger partial charge in [0.25, 0.3) is 5.69 Å². The van der Waals surface area contributed by atoms with Crippen LogP contribution in [0.25, 0.3) is 10.9 Å². The second-order valence-electron chi connectivity index (χ2n) is 5.34. The van der Waals surface area contributed by atoms with Gasteiger partial charge in [-0.25, -0.2) is 4.98 Å². The van der Waals surface area contributed by atoms with E-state index >= 15 is 0 Å². The summed E-state index contributed by atoms with van der Waals surface area (Å²) in [5, 5.41) is 15.1. The van der Waals surface area contributed by atoms with E-state index in [0.29, 0.717) is 18.7 Å². The summed E-state index contributed by atoms with van der Waals surface area (Å²) < 4.78 is 5.64. The van der Waals surface area contributed by atoms with E-state index in [2.05, 4.69) is 10.3 Å². The van der Waals surface area contributed by atoms with Gasteiger partial charge in [-0.05, 0) is 26.8 Å². The van der Waals surface area contributed by atoms with Crippen LogP contribution in [0.1, 0.15) is 20.8 Å². The molecule has 0 bridgehead atoms. The zero-order valence-corrected chi connectivity index (χ0v) is 12.4. The highest BCUT2D eigenvalue weighted by Crippen LogP contribution is 2.28. The van der Waals surface area contributed by atoms with Crippen molar-refractivity contribution >= 4 is 22.3 Å². The third-order valence-corrected chi connectivity index (χ3v) is 3.19. The molecule has 0 amide bonds. The van der Waals surface area contributed by atoms with Gasteiger partial charge in [0.05, 0.1) is 10.5 Å². The summed E-state index contributed by atoms with van der Waals surface area (Å²) in [7, 11) is 0. The van der Waals surface area contributed by atoms with Crippen LogP contribution in [-0.4, -0.2) is 28.7 Å². The highest BCUT2D eigenvalue weighted by molar-refractivity contribution is 5.96. The van der Waals surface area contributed by atoms with Crippen LogP contribution in [0, 0.1) is 10.1 Å². The first kappa shape index (κ1) is 15.2. The second kappa shape index (κ2) is 6.05. The molecule has 0 saturated carbocycles. The summed E-state index contributed by atoms with van der Waals surface area (Å²) in [6.07, 6.45) is 1.57. The highest BCUT2D eigenvalue weighted by Gasteiger charge is 2.19. The molecule has 2 rings (SSSR count). The van der Waals surface area contributed by atoms with Gasteiger partial charge in [0.2, 0.25) is 0 Å². The molecule has 0 aliphatic rings. The Morgan fingerprint density at radius 3 is 2.81 bits per heavy atom. The Kier molecular flexibility index (Phi) is 4.37. The molecular formula is C15H19N3O3. The number of anilines is 1. The minimum atomic E-state index is -0.413. The predicted octanol–water partition coefficient (Wildman–Crippen LogP) is 3.37. The fourth-order valence-electron chi connectivity index (χ4n) is 2.21. The molecule has 21 heavy (non-hydrogen) atoms. The SMILES string of the molecule is CCOC(C)(C)CNc1ccnc2c([N+](=O)[O-])cccc12. The van der Waals surface area contributed by atoms with E-state index in [0.717, 1.165) is 11.1 Å². The summed E-state index contributed by atoms with van der Waals surface area (Å²) in [5.74, 6) is 0. The Bertz CT molecular complexity index is 656. The summed E-state index contributed by atoms with van der Waals surface area (Å²) in [5.41, 5.74) is 0.906. The molecule has 1 aromatic heterocycles. The lowest BCUT2D eigenvalue weighted by molar-refractivity contribution is -0.383. The summed E-state index contributed by atoms with van der Waals surface area (Å²) in [6, 6.07) is 6.77. The number of aromatic nitrogens is 1. The normalized spacial score (nSPS) is 11.6. The number of nitro groups is 1. The van der Waals surface area contributed by atoms with Crippen molar-refractivity contribution in [3.8, 4) is 0 Å². The standard InChI is InChI=1S/C15H19N3O3/c1-4-21-15(2,3)10-17-12-8-9-16-14-11(12)6-5-7-13(14)18(19)20/h5-9H,4,10H2,1-3H3,(H,16,17). The van der Waals surface area contributed by atoms with Crippen LogP contribution in [0.3, 0.4) is 0 Å². The lowest BCUT2D eigenvalue weighted by Gasteiger charge is -2.25. The molecule has 2 aromatic rings. The van der Waals surface area contributed by atoms with Crippen LogP contribution >= 0.6 is 0 Å². The maximum atomic E-state index is 11.1. The Labute approximate surface area is 123 Å². The quantitative estimate of drug-likeness (QED) is 0.651. The second-order valence-corrected chi connectivity index (χ2v) is 5.34. The van der Waals surface area contributed by atoms with E-state index in [-0.39, 0.29) is 11.3 Å². The maximum absolute atomic E-state index is 11.1. The van der Waals surface area contributed by atoms with Crippen molar-refractivity contribution in [2.75, 3.05) is 18.5 Å². The van der Waals surface area contributed by atoms with Gasteiger partial charge in [-0.3, -0.25) is 10.1 Å². The van der Waals surface area contributed by atoms with Crippen LogP contribution in [0.4, 0.5) is 11.4 Å². The van der Waals surface area contributed by atoms with Gasteiger partial charge in [0.1, 0.15) is 5.52 Å². The van der Waals surface area contributed by atoms with Gasteiger partial charge < -0.3 is 10.1 Å². The van der Waals surface area contributed by atoms with Crippen LogP contribution in [0.2, 0.25) is 0 Å². The summed E-state index contributed by atoms with van der Waals surface area (Å²) in [6.45, 7) is 7.18. The molecule has 0 saturated heterocycles. The number of nitrogens with one attached hydrogen (secondary N) is 1. The Balaban J connectivity index is 2.33. The first-order chi connectivity index (χ1) is 9.94. The molecule has 1 heterocycles. The lowest BCUT2D eigenvalue weighted by Crippen LogP contribution is -2.33. The molecule has 0 aliphatic carbocycles. The number of benzene rings is 1. The molecule has 0 atom stereocenters. The van der Waals surface area contributed by atoms with Crippen molar-refractivity contribution in [1.82, 2.24) is 4.98 Å². The first-order valence-corrected chi connectivity index (χ1v) is 6.84. The van der Waals surface area contributed by atoms with E-state index in [1.54, 1.807) is 12.3 Å². The molecule has 0 spiro atoms. The molecule has 0 fully saturated rings. The summed E-state index contributed by atoms with van der Waals surface area (Å²) in [4.78, 5) is 14.8. The maximum Gasteiger partial charge on any atom is 0.295 e. The molecule has 1 aromatic carbocycles. The monoisotopic (exact) mass is 289 g/mol. The minimum Gasteiger partial charge on any atom is -0.382 e. The number of fused-ring (bicyclic) bond motifs is 1.